The topological polar surface area (TPSA) is 143 Å². The summed E-state index contributed by atoms with van der Waals surface area (Å²) in [5, 5.41) is 31.9. The van der Waals surface area contributed by atoms with Crippen molar-refractivity contribution in [2.45, 2.75) is 75.4 Å². The molecule has 1 spiro atoms. The largest absolute Gasteiger partial charge is 0.481 e. The lowest BCUT2D eigenvalue weighted by molar-refractivity contribution is -0.166. The van der Waals surface area contributed by atoms with Gasteiger partial charge in [0.25, 0.3) is 0 Å². The third kappa shape index (κ3) is 4.69. The number of likely N-dealkylation sites (tertiary alicyclic amines) is 1. The van der Waals surface area contributed by atoms with Crippen LogP contribution in [-0.4, -0.2) is 69.5 Å². The SMILES string of the molecule is Cc1ccc(CO)c2c1[C@]13CCN(C)[C@H](C)[C@]1(O)CC=C(OC(=O)CCC(=O)O[C@H](C(=O)O)c1ccccc1)[C@@H]3O2. The van der Waals surface area contributed by atoms with E-state index in [4.69, 9.17) is 14.2 Å². The second-order valence-electron chi connectivity index (χ2n) is 11.1. The lowest BCUT2D eigenvalue weighted by Gasteiger charge is -2.58. The van der Waals surface area contributed by atoms with Gasteiger partial charge in [0.2, 0.25) is 6.10 Å². The number of ether oxygens (including phenoxy) is 3. The van der Waals surface area contributed by atoms with Gasteiger partial charge in [-0.3, -0.25) is 9.59 Å². The lowest BCUT2D eigenvalue weighted by Crippen LogP contribution is -2.71. The van der Waals surface area contributed by atoms with Crippen LogP contribution in [0.25, 0.3) is 0 Å². The van der Waals surface area contributed by atoms with Crippen LogP contribution in [0.1, 0.15) is 61.0 Å². The third-order valence-corrected chi connectivity index (χ3v) is 8.94. The smallest absolute Gasteiger partial charge is 0.349 e. The van der Waals surface area contributed by atoms with E-state index in [0.717, 1.165) is 11.1 Å². The number of carboxylic acids is 1. The number of hydrogen-bond acceptors (Lipinski definition) is 9. The molecule has 10 heteroatoms. The number of piperidine rings is 1. The van der Waals surface area contributed by atoms with Crippen molar-refractivity contribution in [2.24, 2.45) is 0 Å². The predicted octanol–water partition coefficient (Wildman–Crippen LogP) is 2.92. The second-order valence-corrected chi connectivity index (χ2v) is 11.1. The number of aliphatic hydroxyl groups excluding tert-OH is 1. The maximum Gasteiger partial charge on any atom is 0.349 e. The van der Waals surface area contributed by atoms with Crippen LogP contribution in [0.3, 0.4) is 0 Å². The van der Waals surface area contributed by atoms with Crippen LogP contribution in [0.15, 0.2) is 54.3 Å². The molecular formula is C31H35NO9. The summed E-state index contributed by atoms with van der Waals surface area (Å²) in [6.07, 6.45) is -0.599. The van der Waals surface area contributed by atoms with Crippen molar-refractivity contribution >= 4 is 17.9 Å². The van der Waals surface area contributed by atoms with Gasteiger partial charge in [-0.15, -0.1) is 0 Å². The summed E-state index contributed by atoms with van der Waals surface area (Å²) in [6, 6.07) is 11.5. The van der Waals surface area contributed by atoms with Crippen LogP contribution >= 0.6 is 0 Å². The molecule has 5 rings (SSSR count). The number of aliphatic hydroxyl groups is 2. The molecule has 10 nitrogen and oxygen atoms in total. The van der Waals surface area contributed by atoms with Crippen LogP contribution < -0.4 is 4.74 Å². The Hall–Kier alpha value is -3.73. The Morgan fingerprint density at radius 1 is 1.12 bits per heavy atom. The van der Waals surface area contributed by atoms with Crippen molar-refractivity contribution in [3.05, 3.63) is 76.6 Å². The zero-order valence-electron chi connectivity index (χ0n) is 23.3. The first-order valence-electron chi connectivity index (χ1n) is 13.7. The summed E-state index contributed by atoms with van der Waals surface area (Å²) in [6.45, 7) is 4.34. The molecule has 5 atom stereocenters. The number of likely N-dealkylation sites (N-methyl/N-ethyl adjacent to an activating group) is 1. The van der Waals surface area contributed by atoms with Crippen LogP contribution in [-0.2, 0) is 35.9 Å². The highest BCUT2D eigenvalue weighted by atomic mass is 16.6. The molecule has 0 unspecified atom stereocenters. The van der Waals surface area contributed by atoms with E-state index < -0.39 is 41.1 Å². The molecule has 2 aliphatic heterocycles. The number of esters is 2. The number of rotatable bonds is 8. The lowest BCUT2D eigenvalue weighted by atomic mass is 9.54. The molecule has 218 valence electrons. The normalized spacial score (nSPS) is 27.4. The summed E-state index contributed by atoms with van der Waals surface area (Å²) >= 11 is 0. The predicted molar refractivity (Wildman–Crippen MR) is 146 cm³/mol. The monoisotopic (exact) mass is 565 g/mol. The quantitative estimate of drug-likeness (QED) is 0.409. The Kier molecular flexibility index (Phi) is 7.67. The van der Waals surface area contributed by atoms with E-state index in [9.17, 15) is 29.7 Å². The molecule has 2 aromatic rings. The van der Waals surface area contributed by atoms with Gasteiger partial charge in [0, 0.05) is 29.2 Å². The molecule has 1 saturated heterocycles. The van der Waals surface area contributed by atoms with Gasteiger partial charge in [-0.05, 0) is 45.5 Å². The van der Waals surface area contributed by atoms with E-state index in [-0.39, 0.29) is 37.7 Å². The fraction of sp³-hybridized carbons (Fsp3) is 0.452. The molecule has 0 aromatic heterocycles. The van der Waals surface area contributed by atoms with Gasteiger partial charge in [0.05, 0.1) is 30.5 Å². The Bertz CT molecular complexity index is 1390. The Morgan fingerprint density at radius 2 is 1.83 bits per heavy atom. The summed E-state index contributed by atoms with van der Waals surface area (Å²) in [7, 11) is 1.96. The average molecular weight is 566 g/mol. The molecule has 2 aromatic carbocycles. The number of aryl methyl sites for hydroxylation is 1. The highest BCUT2D eigenvalue weighted by Crippen LogP contribution is 2.61. The van der Waals surface area contributed by atoms with Crippen molar-refractivity contribution in [2.75, 3.05) is 13.6 Å². The number of hydrogen-bond donors (Lipinski definition) is 3. The van der Waals surface area contributed by atoms with Gasteiger partial charge in [0.15, 0.2) is 6.10 Å². The van der Waals surface area contributed by atoms with Crippen molar-refractivity contribution in [3.8, 4) is 5.75 Å². The van der Waals surface area contributed by atoms with Gasteiger partial charge >= 0.3 is 17.9 Å². The van der Waals surface area contributed by atoms with Crippen molar-refractivity contribution < 1.29 is 43.9 Å². The summed E-state index contributed by atoms with van der Waals surface area (Å²) in [5.41, 5.74) is 0.473. The highest BCUT2D eigenvalue weighted by molar-refractivity contribution is 5.82. The number of benzene rings is 2. The Balaban J connectivity index is 1.36. The molecule has 2 heterocycles. The number of fused-ring (bicyclic) bond motifs is 1. The van der Waals surface area contributed by atoms with E-state index in [1.165, 1.54) is 0 Å². The van der Waals surface area contributed by atoms with Gasteiger partial charge in [-0.25, -0.2) is 4.79 Å². The van der Waals surface area contributed by atoms with Gasteiger partial charge in [-0.2, -0.15) is 0 Å². The minimum absolute atomic E-state index is 0.211. The molecule has 1 fully saturated rings. The number of carbonyl (C=O) groups excluding carboxylic acids is 2. The molecule has 0 amide bonds. The number of carboxylic acid groups (broad SMARTS) is 1. The summed E-state index contributed by atoms with van der Waals surface area (Å²) < 4.78 is 17.4. The first-order chi connectivity index (χ1) is 19.5. The third-order valence-electron chi connectivity index (χ3n) is 8.94. The van der Waals surface area contributed by atoms with E-state index >= 15 is 0 Å². The molecule has 41 heavy (non-hydrogen) atoms. The summed E-state index contributed by atoms with van der Waals surface area (Å²) in [4.78, 5) is 39.2. The van der Waals surface area contributed by atoms with Gasteiger partial charge < -0.3 is 34.4 Å². The van der Waals surface area contributed by atoms with Crippen LogP contribution in [0, 0.1) is 6.92 Å². The van der Waals surface area contributed by atoms with E-state index in [1.54, 1.807) is 42.5 Å². The minimum atomic E-state index is -1.49. The summed E-state index contributed by atoms with van der Waals surface area (Å²) in [5.74, 6) is -2.13. The first kappa shape index (κ1) is 28.8. The second kappa shape index (κ2) is 10.9. The van der Waals surface area contributed by atoms with Gasteiger partial charge in [0.1, 0.15) is 11.5 Å². The Morgan fingerprint density at radius 3 is 2.51 bits per heavy atom. The highest BCUT2D eigenvalue weighted by Gasteiger charge is 2.69. The average Bonchev–Trinajstić information content (AvgIpc) is 3.32. The minimum Gasteiger partial charge on any atom is -0.481 e. The molecule has 0 saturated carbocycles. The maximum atomic E-state index is 13.0. The molecule has 3 N–H and O–H groups in total. The van der Waals surface area contributed by atoms with Gasteiger partial charge in [-0.1, -0.05) is 42.5 Å². The molecule has 0 bridgehead atoms. The fourth-order valence-electron chi connectivity index (χ4n) is 6.66. The Labute approximate surface area is 238 Å². The van der Waals surface area contributed by atoms with Crippen molar-refractivity contribution in [1.82, 2.24) is 4.90 Å². The fourth-order valence-corrected chi connectivity index (χ4v) is 6.66. The van der Waals surface area contributed by atoms with Crippen molar-refractivity contribution in [1.29, 1.82) is 0 Å². The number of nitrogens with zero attached hydrogens (tertiary/aromatic N) is 1. The molecule has 1 aliphatic carbocycles. The van der Waals surface area contributed by atoms with E-state index in [2.05, 4.69) is 4.90 Å². The maximum absolute atomic E-state index is 13.0. The van der Waals surface area contributed by atoms with Crippen molar-refractivity contribution in [3.63, 3.8) is 0 Å². The number of carbonyl (C=O) groups is 3. The van der Waals surface area contributed by atoms with Crippen LogP contribution in [0.5, 0.6) is 5.75 Å². The van der Waals surface area contributed by atoms with Crippen LogP contribution in [0.2, 0.25) is 0 Å². The van der Waals surface area contributed by atoms with E-state index in [0.29, 0.717) is 29.8 Å². The number of aliphatic carboxylic acids is 1. The zero-order valence-corrected chi connectivity index (χ0v) is 23.3. The zero-order chi connectivity index (χ0) is 29.5. The first-order valence-corrected chi connectivity index (χ1v) is 13.7. The molecular weight excluding hydrogens is 530 g/mol. The standard InChI is InChI=1S/C31H35NO9/c1-18-9-10-21(17-33)26-25(18)30-15-16-32(3)19(2)31(30,38)14-13-22(28(30)41-26)39-23(34)11-12-24(35)40-27(29(36)37)20-7-5-4-6-8-20/h4-10,13,19,27-28,33,38H,11-12,14-17H2,1-3H3,(H,36,37)/t19-,27+,28+,30+,31-/m1/s1. The van der Waals surface area contributed by atoms with E-state index in [1.807, 2.05) is 27.0 Å². The van der Waals surface area contributed by atoms with Crippen LogP contribution in [0.4, 0.5) is 0 Å². The molecule has 3 aliphatic rings. The molecule has 0 radical (unpaired) electrons.